The molecule has 0 aliphatic rings. The van der Waals surface area contributed by atoms with E-state index in [-0.39, 0.29) is 5.56 Å². The Kier molecular flexibility index (Phi) is 5.13. The Balaban J connectivity index is 2.48. The van der Waals surface area contributed by atoms with E-state index < -0.39 is 0 Å². The lowest BCUT2D eigenvalue weighted by molar-refractivity contribution is 0.833. The number of hydrogen-bond donors (Lipinski definition) is 1. The van der Waals surface area contributed by atoms with Crippen LogP contribution in [0.4, 0.5) is 0 Å². The number of nitrogens with one attached hydrogen (secondary N) is 1. The molecule has 0 atom stereocenters. The minimum Gasteiger partial charge on any atom is -0.301 e. The van der Waals surface area contributed by atoms with Crippen LogP contribution in [0.5, 0.6) is 0 Å². The van der Waals surface area contributed by atoms with Crippen molar-refractivity contribution in [3.8, 4) is 0 Å². The highest BCUT2D eigenvalue weighted by molar-refractivity contribution is 7.98. The minimum atomic E-state index is -0.114. The van der Waals surface area contributed by atoms with E-state index in [0.29, 0.717) is 33.6 Å². The van der Waals surface area contributed by atoms with Crippen LogP contribution in [0.15, 0.2) is 28.2 Å². The number of aromatic amines is 1. The molecule has 1 heterocycles. The Morgan fingerprint density at radius 2 is 2.10 bits per heavy atom. The van der Waals surface area contributed by atoms with E-state index in [1.54, 1.807) is 6.07 Å². The lowest BCUT2D eigenvalue weighted by atomic mass is 10.0. The van der Waals surface area contributed by atoms with Gasteiger partial charge in [-0.25, -0.2) is 4.98 Å². The lowest BCUT2D eigenvalue weighted by Crippen LogP contribution is -2.19. The van der Waals surface area contributed by atoms with Gasteiger partial charge in [-0.1, -0.05) is 54.0 Å². The maximum absolute atomic E-state index is 12.2. The van der Waals surface area contributed by atoms with E-state index in [1.165, 1.54) is 11.8 Å². The summed E-state index contributed by atoms with van der Waals surface area (Å²) in [7, 11) is 0. The molecular weight excluding hydrogens is 315 g/mol. The van der Waals surface area contributed by atoms with Crippen LogP contribution >= 0.6 is 35.0 Å². The van der Waals surface area contributed by atoms with Crippen LogP contribution in [0.1, 0.15) is 23.7 Å². The Labute approximate surface area is 131 Å². The number of nitrogens with zero attached hydrogens (tertiary/aromatic N) is 1. The van der Waals surface area contributed by atoms with Crippen molar-refractivity contribution in [2.45, 2.75) is 24.9 Å². The number of aromatic nitrogens is 2. The number of halogens is 2. The van der Waals surface area contributed by atoms with Crippen LogP contribution in [-0.2, 0) is 12.8 Å². The average Bonchev–Trinajstić information content (AvgIpc) is 2.45. The van der Waals surface area contributed by atoms with Crippen molar-refractivity contribution in [2.24, 2.45) is 0 Å². The summed E-state index contributed by atoms with van der Waals surface area (Å²) in [5.74, 6) is 0. The molecule has 0 aliphatic carbocycles. The molecule has 0 unspecified atom stereocenters. The fraction of sp³-hybridized carbons (Fsp3) is 0.286. The zero-order valence-corrected chi connectivity index (χ0v) is 13.5. The molecule has 1 N–H and O–H groups in total. The second kappa shape index (κ2) is 6.66. The molecule has 0 saturated carbocycles. The summed E-state index contributed by atoms with van der Waals surface area (Å²) in [5.41, 5.74) is 2.17. The second-order valence-electron chi connectivity index (χ2n) is 4.24. The fourth-order valence-electron chi connectivity index (χ4n) is 1.97. The third-order valence-corrected chi connectivity index (χ3v) is 4.44. The highest BCUT2D eigenvalue weighted by Gasteiger charge is 2.13. The molecule has 0 saturated heterocycles. The third-order valence-electron chi connectivity index (χ3n) is 3.01. The zero-order chi connectivity index (χ0) is 14.7. The number of rotatable bonds is 4. The van der Waals surface area contributed by atoms with E-state index in [1.807, 2.05) is 25.3 Å². The molecule has 2 aromatic rings. The third kappa shape index (κ3) is 3.19. The van der Waals surface area contributed by atoms with Crippen molar-refractivity contribution >= 4 is 35.0 Å². The molecule has 1 aromatic heterocycles. The van der Waals surface area contributed by atoms with Gasteiger partial charge in [0.1, 0.15) is 0 Å². The predicted molar refractivity (Wildman–Crippen MR) is 85.3 cm³/mol. The van der Waals surface area contributed by atoms with Crippen molar-refractivity contribution in [3.05, 3.63) is 55.4 Å². The van der Waals surface area contributed by atoms with E-state index in [9.17, 15) is 4.79 Å². The summed E-state index contributed by atoms with van der Waals surface area (Å²) in [6.45, 7) is 1.98. The number of H-pyrrole nitrogens is 1. The SMILES string of the molecule is CCc1nc(SC)[nH]c(=O)c1Cc1cccc(Cl)c1Cl. The molecule has 2 rings (SSSR count). The van der Waals surface area contributed by atoms with Crippen LogP contribution < -0.4 is 5.56 Å². The molecular formula is C14H14Cl2N2OS. The van der Waals surface area contributed by atoms with Crippen molar-refractivity contribution in [1.82, 2.24) is 9.97 Å². The van der Waals surface area contributed by atoms with Crippen molar-refractivity contribution < 1.29 is 0 Å². The van der Waals surface area contributed by atoms with Crippen LogP contribution in [0.2, 0.25) is 10.0 Å². The van der Waals surface area contributed by atoms with Gasteiger partial charge >= 0.3 is 0 Å². The Morgan fingerprint density at radius 1 is 1.35 bits per heavy atom. The van der Waals surface area contributed by atoms with Crippen molar-refractivity contribution in [1.29, 1.82) is 0 Å². The van der Waals surface area contributed by atoms with Crippen molar-refractivity contribution in [3.63, 3.8) is 0 Å². The first-order chi connectivity index (χ1) is 9.56. The molecule has 106 valence electrons. The zero-order valence-electron chi connectivity index (χ0n) is 11.2. The lowest BCUT2D eigenvalue weighted by Gasteiger charge is -2.09. The second-order valence-corrected chi connectivity index (χ2v) is 5.82. The maximum atomic E-state index is 12.2. The monoisotopic (exact) mass is 328 g/mol. The highest BCUT2D eigenvalue weighted by atomic mass is 35.5. The van der Waals surface area contributed by atoms with Gasteiger partial charge in [-0.3, -0.25) is 4.79 Å². The standard InChI is InChI=1S/C14H14Cl2N2OS/c1-3-11-9(13(19)18-14(17-11)20-2)7-8-5-4-6-10(15)12(8)16/h4-6H,3,7H2,1-2H3,(H,17,18,19). The number of hydrogen-bond acceptors (Lipinski definition) is 3. The summed E-state index contributed by atoms with van der Waals surface area (Å²) in [5, 5.41) is 1.62. The van der Waals surface area contributed by atoms with Gasteiger partial charge in [0.25, 0.3) is 5.56 Å². The highest BCUT2D eigenvalue weighted by Crippen LogP contribution is 2.27. The van der Waals surface area contributed by atoms with Gasteiger partial charge in [-0.2, -0.15) is 0 Å². The topological polar surface area (TPSA) is 45.8 Å². The molecule has 0 bridgehead atoms. The normalized spacial score (nSPS) is 10.8. The van der Waals surface area contributed by atoms with E-state index >= 15 is 0 Å². The molecule has 6 heteroatoms. The minimum absolute atomic E-state index is 0.114. The van der Waals surface area contributed by atoms with Crippen LogP contribution in [0.3, 0.4) is 0 Å². The van der Waals surface area contributed by atoms with Crippen LogP contribution in [0.25, 0.3) is 0 Å². The Bertz CT molecular complexity index is 685. The largest absolute Gasteiger partial charge is 0.301 e. The van der Waals surface area contributed by atoms with Crippen LogP contribution in [-0.4, -0.2) is 16.2 Å². The maximum Gasteiger partial charge on any atom is 0.255 e. The van der Waals surface area contributed by atoms with E-state index in [0.717, 1.165) is 11.3 Å². The number of aryl methyl sites for hydroxylation is 1. The molecule has 3 nitrogen and oxygen atoms in total. The van der Waals surface area contributed by atoms with Gasteiger partial charge in [0, 0.05) is 12.0 Å². The predicted octanol–water partition coefficient (Wildman–Crippen LogP) is 3.95. The van der Waals surface area contributed by atoms with E-state index in [4.69, 9.17) is 23.2 Å². The molecule has 1 aromatic carbocycles. The summed E-state index contributed by atoms with van der Waals surface area (Å²) < 4.78 is 0. The first kappa shape index (κ1) is 15.4. The summed E-state index contributed by atoms with van der Waals surface area (Å²) in [4.78, 5) is 19.4. The summed E-state index contributed by atoms with van der Waals surface area (Å²) >= 11 is 13.6. The smallest absolute Gasteiger partial charge is 0.255 e. The molecule has 0 spiro atoms. The van der Waals surface area contributed by atoms with Crippen molar-refractivity contribution in [2.75, 3.05) is 6.26 Å². The van der Waals surface area contributed by atoms with Crippen LogP contribution in [0, 0.1) is 0 Å². The van der Waals surface area contributed by atoms with Gasteiger partial charge in [-0.05, 0) is 24.3 Å². The molecule has 0 radical (unpaired) electrons. The first-order valence-corrected chi connectivity index (χ1v) is 8.13. The van der Waals surface area contributed by atoms with E-state index in [2.05, 4.69) is 9.97 Å². The summed E-state index contributed by atoms with van der Waals surface area (Å²) in [6.07, 6.45) is 3.01. The van der Waals surface area contributed by atoms with Gasteiger partial charge in [0.05, 0.1) is 15.7 Å². The van der Waals surface area contributed by atoms with Gasteiger partial charge in [-0.15, -0.1) is 0 Å². The average molecular weight is 329 g/mol. The van der Waals surface area contributed by atoms with Gasteiger partial charge in [0.15, 0.2) is 5.16 Å². The molecule has 20 heavy (non-hydrogen) atoms. The number of benzene rings is 1. The quantitative estimate of drug-likeness (QED) is 0.682. The molecule has 0 aliphatic heterocycles. The Morgan fingerprint density at radius 3 is 2.75 bits per heavy atom. The first-order valence-electron chi connectivity index (χ1n) is 6.15. The summed E-state index contributed by atoms with van der Waals surface area (Å²) in [6, 6.07) is 5.43. The molecule has 0 fully saturated rings. The molecule has 0 amide bonds. The fourth-order valence-corrected chi connectivity index (χ4v) is 2.75. The Hall–Kier alpha value is -0.970. The number of thioether (sulfide) groups is 1. The van der Waals surface area contributed by atoms with Gasteiger partial charge < -0.3 is 4.98 Å². The van der Waals surface area contributed by atoms with Gasteiger partial charge in [0.2, 0.25) is 0 Å².